The number of nitrogen functional groups attached to an aromatic ring is 1. The number of alkyl halides is 3. The molecule has 1 heterocycles. The highest BCUT2D eigenvalue weighted by Crippen LogP contribution is 2.51. The number of rotatable bonds is 2. The summed E-state index contributed by atoms with van der Waals surface area (Å²) in [5, 5.41) is 2.47. The van der Waals surface area contributed by atoms with Gasteiger partial charge in [0.05, 0.1) is 0 Å². The van der Waals surface area contributed by atoms with E-state index in [9.17, 15) is 13.2 Å². The molecule has 0 spiro atoms. The van der Waals surface area contributed by atoms with Crippen LogP contribution in [0.3, 0.4) is 0 Å². The molecule has 0 amide bonds. The number of nitrogens with two attached hydrogens (primary N) is 1. The van der Waals surface area contributed by atoms with Crippen LogP contribution >= 0.6 is 0 Å². The van der Waals surface area contributed by atoms with Gasteiger partial charge in [0.1, 0.15) is 11.4 Å². The van der Waals surface area contributed by atoms with E-state index in [0.29, 0.717) is 5.69 Å². The summed E-state index contributed by atoms with van der Waals surface area (Å²) in [5.41, 5.74) is 3.98. The molecule has 0 atom stereocenters. The number of halogens is 3. The van der Waals surface area contributed by atoms with Gasteiger partial charge in [-0.1, -0.05) is 0 Å². The van der Waals surface area contributed by atoms with Crippen LogP contribution in [0.25, 0.3) is 0 Å². The molecule has 1 saturated carbocycles. The molecule has 0 radical (unpaired) electrons. The number of nitrogens with one attached hydrogen (secondary N) is 1. The van der Waals surface area contributed by atoms with Gasteiger partial charge < -0.3 is 11.1 Å². The van der Waals surface area contributed by atoms with E-state index in [0.717, 1.165) is 0 Å². The maximum absolute atomic E-state index is 12.6. The molecular weight excluding hydrogens is 207 g/mol. The van der Waals surface area contributed by atoms with Crippen LogP contribution in [-0.4, -0.2) is 16.7 Å². The van der Waals surface area contributed by atoms with Crippen molar-refractivity contribution in [1.82, 2.24) is 4.98 Å². The van der Waals surface area contributed by atoms with Crippen molar-refractivity contribution < 1.29 is 13.2 Å². The first-order valence-corrected chi connectivity index (χ1v) is 4.49. The van der Waals surface area contributed by atoms with Crippen LogP contribution in [-0.2, 0) is 0 Å². The van der Waals surface area contributed by atoms with Crippen LogP contribution < -0.4 is 11.1 Å². The van der Waals surface area contributed by atoms with Crippen molar-refractivity contribution in [2.24, 2.45) is 0 Å². The first-order valence-electron chi connectivity index (χ1n) is 4.49. The minimum Gasteiger partial charge on any atom is -0.384 e. The molecule has 1 aliphatic rings. The van der Waals surface area contributed by atoms with Crippen LogP contribution in [0.4, 0.5) is 24.7 Å². The average molecular weight is 217 g/mol. The van der Waals surface area contributed by atoms with E-state index in [-0.39, 0.29) is 18.7 Å². The fraction of sp³-hybridized carbons (Fsp3) is 0.444. The van der Waals surface area contributed by atoms with Crippen LogP contribution in [0.2, 0.25) is 0 Å². The predicted molar refractivity (Wildman–Crippen MR) is 50.3 cm³/mol. The zero-order chi connectivity index (χ0) is 11.1. The summed E-state index contributed by atoms with van der Waals surface area (Å²) in [5.74, 6) is 0.206. The highest BCUT2D eigenvalue weighted by molar-refractivity contribution is 5.53. The second kappa shape index (κ2) is 3.01. The third-order valence-corrected chi connectivity index (χ3v) is 2.46. The molecule has 0 bridgehead atoms. The molecule has 15 heavy (non-hydrogen) atoms. The smallest absolute Gasteiger partial charge is 0.384 e. The summed E-state index contributed by atoms with van der Waals surface area (Å²) in [7, 11) is 0. The van der Waals surface area contributed by atoms with Crippen molar-refractivity contribution >= 4 is 11.5 Å². The zero-order valence-electron chi connectivity index (χ0n) is 7.80. The third-order valence-electron chi connectivity index (χ3n) is 2.46. The largest absolute Gasteiger partial charge is 0.411 e. The lowest BCUT2D eigenvalue weighted by Gasteiger charge is -2.21. The Morgan fingerprint density at radius 3 is 2.53 bits per heavy atom. The standard InChI is InChI=1S/C9H10F3N3/c10-9(11,12)8(2-3-8)15-6-1-4-14-7(13)5-6/h1,4-5H,2-3H2,(H3,13,14,15). The predicted octanol–water partition coefficient (Wildman–Crippen LogP) is 2.17. The van der Waals surface area contributed by atoms with Crippen LogP contribution in [0.15, 0.2) is 18.3 Å². The van der Waals surface area contributed by atoms with E-state index in [1.54, 1.807) is 0 Å². The Labute approximate surface area is 84.5 Å². The van der Waals surface area contributed by atoms with E-state index in [1.165, 1.54) is 18.3 Å². The van der Waals surface area contributed by atoms with Gasteiger partial charge in [-0.2, -0.15) is 13.2 Å². The second-order valence-corrected chi connectivity index (χ2v) is 3.67. The topological polar surface area (TPSA) is 50.9 Å². The molecule has 0 saturated heterocycles. The Morgan fingerprint density at radius 1 is 1.40 bits per heavy atom. The highest BCUT2D eigenvalue weighted by atomic mass is 19.4. The quantitative estimate of drug-likeness (QED) is 0.798. The first-order chi connectivity index (χ1) is 6.93. The Hall–Kier alpha value is -1.46. The molecule has 1 aliphatic carbocycles. The van der Waals surface area contributed by atoms with Crippen molar-refractivity contribution in [3.63, 3.8) is 0 Å². The van der Waals surface area contributed by atoms with Gasteiger partial charge in [-0.3, -0.25) is 0 Å². The van der Waals surface area contributed by atoms with Crippen molar-refractivity contribution in [3.8, 4) is 0 Å². The normalized spacial score (nSPS) is 18.6. The van der Waals surface area contributed by atoms with Gasteiger partial charge in [0.2, 0.25) is 0 Å². The van der Waals surface area contributed by atoms with E-state index in [2.05, 4.69) is 10.3 Å². The lowest BCUT2D eigenvalue weighted by atomic mass is 10.2. The van der Waals surface area contributed by atoms with Crippen molar-refractivity contribution in [1.29, 1.82) is 0 Å². The number of pyridine rings is 1. The Bertz CT molecular complexity index is 371. The summed E-state index contributed by atoms with van der Waals surface area (Å²) >= 11 is 0. The van der Waals surface area contributed by atoms with Gasteiger partial charge in [0, 0.05) is 18.0 Å². The third kappa shape index (κ3) is 1.84. The van der Waals surface area contributed by atoms with E-state index in [4.69, 9.17) is 5.73 Å². The highest BCUT2D eigenvalue weighted by Gasteiger charge is 2.63. The Balaban J connectivity index is 2.16. The molecule has 0 aromatic carbocycles. The summed E-state index contributed by atoms with van der Waals surface area (Å²) in [6.45, 7) is 0. The number of anilines is 2. The average Bonchev–Trinajstić information content (AvgIpc) is 2.84. The second-order valence-electron chi connectivity index (χ2n) is 3.67. The van der Waals surface area contributed by atoms with E-state index < -0.39 is 11.7 Å². The summed E-state index contributed by atoms with van der Waals surface area (Å²) in [6, 6.07) is 2.87. The molecule has 0 unspecified atom stereocenters. The van der Waals surface area contributed by atoms with Crippen molar-refractivity contribution in [2.45, 2.75) is 24.6 Å². The van der Waals surface area contributed by atoms with Crippen LogP contribution in [0.1, 0.15) is 12.8 Å². The Kier molecular flexibility index (Phi) is 2.02. The molecule has 1 aromatic rings. The van der Waals surface area contributed by atoms with Crippen molar-refractivity contribution in [2.75, 3.05) is 11.1 Å². The van der Waals surface area contributed by atoms with E-state index >= 15 is 0 Å². The summed E-state index contributed by atoms with van der Waals surface area (Å²) in [4.78, 5) is 3.71. The van der Waals surface area contributed by atoms with Crippen molar-refractivity contribution in [3.05, 3.63) is 18.3 Å². The van der Waals surface area contributed by atoms with Gasteiger partial charge in [-0.05, 0) is 18.9 Å². The minimum atomic E-state index is -4.22. The van der Waals surface area contributed by atoms with Crippen LogP contribution in [0.5, 0.6) is 0 Å². The molecule has 3 N–H and O–H groups in total. The van der Waals surface area contributed by atoms with Gasteiger partial charge in [-0.15, -0.1) is 0 Å². The molecule has 0 aliphatic heterocycles. The molecule has 82 valence electrons. The van der Waals surface area contributed by atoms with Gasteiger partial charge in [0.25, 0.3) is 0 Å². The number of aromatic nitrogens is 1. The monoisotopic (exact) mass is 217 g/mol. The number of nitrogens with zero attached hydrogens (tertiary/aromatic N) is 1. The molecule has 1 fully saturated rings. The van der Waals surface area contributed by atoms with Gasteiger partial charge >= 0.3 is 6.18 Å². The van der Waals surface area contributed by atoms with Gasteiger partial charge in [0.15, 0.2) is 0 Å². The SMILES string of the molecule is Nc1cc(NC2(C(F)(F)F)CC2)ccn1. The molecule has 1 aromatic heterocycles. The molecular formula is C9H10F3N3. The van der Waals surface area contributed by atoms with Crippen LogP contribution in [0, 0.1) is 0 Å². The summed E-state index contributed by atoms with van der Waals surface area (Å²) < 4.78 is 37.7. The molecule has 2 rings (SSSR count). The Morgan fingerprint density at radius 2 is 2.07 bits per heavy atom. The number of hydrogen-bond acceptors (Lipinski definition) is 3. The molecule has 3 nitrogen and oxygen atoms in total. The maximum Gasteiger partial charge on any atom is 0.411 e. The lowest BCUT2D eigenvalue weighted by molar-refractivity contribution is -0.151. The van der Waals surface area contributed by atoms with E-state index in [1.807, 2.05) is 0 Å². The fourth-order valence-electron chi connectivity index (χ4n) is 1.41. The number of hydrogen-bond donors (Lipinski definition) is 2. The first kappa shape index (κ1) is 10.1. The fourth-order valence-corrected chi connectivity index (χ4v) is 1.41. The summed E-state index contributed by atoms with van der Waals surface area (Å²) in [6.07, 6.45) is -2.62. The zero-order valence-corrected chi connectivity index (χ0v) is 7.80. The minimum absolute atomic E-state index is 0.110. The van der Waals surface area contributed by atoms with Gasteiger partial charge in [-0.25, -0.2) is 4.98 Å². The lowest BCUT2D eigenvalue weighted by Crippen LogP contribution is -2.38. The molecule has 6 heteroatoms. The maximum atomic E-state index is 12.6.